The van der Waals surface area contributed by atoms with Crippen LogP contribution in [0.2, 0.25) is 0 Å². The van der Waals surface area contributed by atoms with E-state index in [1.165, 1.54) is 12.0 Å². The van der Waals surface area contributed by atoms with Crippen LogP contribution in [0.1, 0.15) is 48.6 Å². The molecule has 3 nitrogen and oxygen atoms in total. The number of ether oxygens (including phenoxy) is 1. The molecule has 112 valence electrons. The maximum atomic E-state index is 5.68. The van der Waals surface area contributed by atoms with E-state index in [0.29, 0.717) is 0 Å². The van der Waals surface area contributed by atoms with E-state index >= 15 is 0 Å². The third-order valence-corrected chi connectivity index (χ3v) is 4.73. The summed E-state index contributed by atoms with van der Waals surface area (Å²) in [4.78, 5) is 4.69. The van der Waals surface area contributed by atoms with Gasteiger partial charge in [0, 0.05) is 17.7 Å². The maximum absolute atomic E-state index is 5.68. The van der Waals surface area contributed by atoms with E-state index in [2.05, 4.69) is 46.9 Å². The Morgan fingerprint density at radius 2 is 2.19 bits per heavy atom. The number of aryl methyl sites for hydroxylation is 1. The Kier molecular flexibility index (Phi) is 4.88. The van der Waals surface area contributed by atoms with Crippen molar-refractivity contribution in [2.75, 3.05) is 11.9 Å². The quantitative estimate of drug-likeness (QED) is 0.849. The van der Waals surface area contributed by atoms with Crippen LogP contribution in [0.3, 0.4) is 0 Å². The first-order valence-corrected chi connectivity index (χ1v) is 8.62. The van der Waals surface area contributed by atoms with E-state index in [0.717, 1.165) is 48.8 Å². The minimum atomic E-state index is 0.233. The molecule has 0 amide bonds. The largest absolute Gasteiger partial charge is 0.379 e. The molecule has 0 radical (unpaired) electrons. The molecule has 21 heavy (non-hydrogen) atoms. The van der Waals surface area contributed by atoms with Crippen molar-refractivity contribution >= 4 is 17.0 Å². The number of aromatic nitrogens is 1. The Balaban J connectivity index is 1.54. The predicted molar refractivity (Wildman–Crippen MR) is 87.8 cm³/mol. The lowest BCUT2D eigenvalue weighted by atomic mass is 10.1. The summed E-state index contributed by atoms with van der Waals surface area (Å²) in [7, 11) is 0. The van der Waals surface area contributed by atoms with Crippen LogP contribution < -0.4 is 5.32 Å². The summed E-state index contributed by atoms with van der Waals surface area (Å²) >= 11 is 1.71. The van der Waals surface area contributed by atoms with Gasteiger partial charge in [0.25, 0.3) is 0 Å². The maximum Gasteiger partial charge on any atom is 0.122 e. The molecule has 1 aromatic heterocycles. The molecule has 4 heteroatoms. The highest BCUT2D eigenvalue weighted by molar-refractivity contribution is 7.09. The number of hydrogen-bond donors (Lipinski definition) is 1. The molecule has 1 aliphatic rings. The average molecular weight is 302 g/mol. The van der Waals surface area contributed by atoms with E-state index < -0.39 is 0 Å². The zero-order valence-electron chi connectivity index (χ0n) is 12.5. The van der Waals surface area contributed by atoms with Gasteiger partial charge in [-0.2, -0.15) is 0 Å². The molecule has 0 aliphatic carbocycles. The van der Waals surface area contributed by atoms with Crippen molar-refractivity contribution in [1.29, 1.82) is 0 Å². The lowest BCUT2D eigenvalue weighted by Crippen LogP contribution is -2.01. The number of thiazole rings is 1. The Bertz CT molecular complexity index is 558. The van der Waals surface area contributed by atoms with Crippen molar-refractivity contribution in [2.24, 2.45) is 0 Å². The van der Waals surface area contributed by atoms with Gasteiger partial charge in [-0.15, -0.1) is 11.3 Å². The van der Waals surface area contributed by atoms with E-state index in [-0.39, 0.29) is 6.10 Å². The standard InChI is InChI=1S/C17H22N2OS/c1-2-4-13-6-8-14(9-7-13)18-11-15-12-21-17(19-15)16-5-3-10-20-16/h6-9,12,16,18H,2-5,10-11H2,1H3. The van der Waals surface area contributed by atoms with Crippen LogP contribution >= 0.6 is 11.3 Å². The highest BCUT2D eigenvalue weighted by Crippen LogP contribution is 2.30. The molecule has 1 unspecified atom stereocenters. The summed E-state index contributed by atoms with van der Waals surface area (Å²) in [6.07, 6.45) is 4.84. The minimum Gasteiger partial charge on any atom is -0.379 e. The third kappa shape index (κ3) is 3.83. The molecule has 0 bridgehead atoms. The van der Waals surface area contributed by atoms with Gasteiger partial charge in [-0.1, -0.05) is 25.5 Å². The van der Waals surface area contributed by atoms with Crippen molar-refractivity contribution in [3.05, 3.63) is 45.9 Å². The monoisotopic (exact) mass is 302 g/mol. The fourth-order valence-electron chi connectivity index (χ4n) is 2.59. The first kappa shape index (κ1) is 14.5. The number of nitrogens with zero attached hydrogens (tertiary/aromatic N) is 1. The Morgan fingerprint density at radius 3 is 2.90 bits per heavy atom. The molecule has 2 heterocycles. The molecule has 0 spiro atoms. The number of nitrogens with one attached hydrogen (secondary N) is 1. The summed E-state index contributed by atoms with van der Waals surface area (Å²) in [5.74, 6) is 0. The first-order chi connectivity index (χ1) is 10.3. The normalized spacial score (nSPS) is 18.0. The second-order valence-electron chi connectivity index (χ2n) is 5.48. The molecule has 1 aliphatic heterocycles. The molecule has 1 atom stereocenters. The highest BCUT2D eigenvalue weighted by Gasteiger charge is 2.20. The lowest BCUT2D eigenvalue weighted by Gasteiger charge is -2.06. The fraction of sp³-hybridized carbons (Fsp3) is 0.471. The second kappa shape index (κ2) is 7.05. The zero-order valence-corrected chi connectivity index (χ0v) is 13.3. The van der Waals surface area contributed by atoms with Gasteiger partial charge in [0.2, 0.25) is 0 Å². The highest BCUT2D eigenvalue weighted by atomic mass is 32.1. The molecule has 1 aromatic carbocycles. The van der Waals surface area contributed by atoms with Gasteiger partial charge in [-0.3, -0.25) is 0 Å². The number of anilines is 1. The van der Waals surface area contributed by atoms with Crippen molar-refractivity contribution in [3.8, 4) is 0 Å². The van der Waals surface area contributed by atoms with Gasteiger partial charge < -0.3 is 10.1 Å². The zero-order chi connectivity index (χ0) is 14.5. The van der Waals surface area contributed by atoms with Crippen molar-refractivity contribution in [1.82, 2.24) is 4.98 Å². The number of hydrogen-bond acceptors (Lipinski definition) is 4. The molecular weight excluding hydrogens is 280 g/mol. The van der Waals surface area contributed by atoms with Gasteiger partial charge in [-0.05, 0) is 37.0 Å². The molecular formula is C17H22N2OS. The topological polar surface area (TPSA) is 34.1 Å². The summed E-state index contributed by atoms with van der Waals surface area (Å²) in [6.45, 7) is 3.86. The average Bonchev–Trinajstić information content (AvgIpc) is 3.18. The van der Waals surface area contributed by atoms with Crippen LogP contribution in [-0.2, 0) is 17.7 Å². The van der Waals surface area contributed by atoms with E-state index in [1.54, 1.807) is 11.3 Å². The van der Waals surface area contributed by atoms with Crippen LogP contribution in [0, 0.1) is 0 Å². The van der Waals surface area contributed by atoms with E-state index in [9.17, 15) is 0 Å². The van der Waals surface area contributed by atoms with Gasteiger partial charge >= 0.3 is 0 Å². The number of rotatable bonds is 6. The van der Waals surface area contributed by atoms with Crippen molar-refractivity contribution in [3.63, 3.8) is 0 Å². The predicted octanol–water partition coefficient (Wildman–Crippen LogP) is 4.56. The van der Waals surface area contributed by atoms with E-state index in [1.807, 2.05) is 0 Å². The summed E-state index contributed by atoms with van der Waals surface area (Å²) in [6, 6.07) is 8.70. The van der Waals surface area contributed by atoms with Crippen LogP contribution in [0.5, 0.6) is 0 Å². The van der Waals surface area contributed by atoms with Crippen LogP contribution in [-0.4, -0.2) is 11.6 Å². The second-order valence-corrected chi connectivity index (χ2v) is 6.37. The Labute approximate surface area is 130 Å². The molecule has 2 aromatic rings. The minimum absolute atomic E-state index is 0.233. The van der Waals surface area contributed by atoms with E-state index in [4.69, 9.17) is 4.74 Å². The van der Waals surface area contributed by atoms with Crippen LogP contribution in [0.15, 0.2) is 29.6 Å². The van der Waals surface area contributed by atoms with Crippen LogP contribution in [0.25, 0.3) is 0 Å². The summed E-state index contributed by atoms with van der Waals surface area (Å²) in [5.41, 5.74) is 3.65. The molecule has 1 fully saturated rings. The SMILES string of the molecule is CCCc1ccc(NCc2csc(C3CCCO3)n2)cc1. The third-order valence-electron chi connectivity index (χ3n) is 3.74. The first-order valence-electron chi connectivity index (χ1n) is 7.74. The fourth-order valence-corrected chi connectivity index (χ4v) is 3.50. The van der Waals surface area contributed by atoms with Gasteiger partial charge in [0.15, 0.2) is 0 Å². The lowest BCUT2D eigenvalue weighted by molar-refractivity contribution is 0.111. The molecule has 0 saturated carbocycles. The van der Waals surface area contributed by atoms with Gasteiger partial charge in [-0.25, -0.2) is 4.98 Å². The Morgan fingerprint density at radius 1 is 1.33 bits per heavy atom. The van der Waals surface area contributed by atoms with Crippen molar-refractivity contribution in [2.45, 2.75) is 45.3 Å². The summed E-state index contributed by atoms with van der Waals surface area (Å²) in [5, 5.41) is 6.70. The smallest absolute Gasteiger partial charge is 0.122 e. The van der Waals surface area contributed by atoms with Gasteiger partial charge in [0.05, 0.1) is 12.2 Å². The summed E-state index contributed by atoms with van der Waals surface area (Å²) < 4.78 is 5.68. The molecule has 1 N–H and O–H groups in total. The van der Waals surface area contributed by atoms with Crippen LogP contribution in [0.4, 0.5) is 5.69 Å². The molecule has 3 rings (SSSR count). The number of benzene rings is 1. The Hall–Kier alpha value is -1.39. The molecule has 1 saturated heterocycles. The van der Waals surface area contributed by atoms with Crippen molar-refractivity contribution < 1.29 is 4.74 Å². The van der Waals surface area contributed by atoms with Gasteiger partial charge in [0.1, 0.15) is 11.1 Å².